The molecule has 1 heterocycles. The molecule has 1 aliphatic heterocycles. The number of ether oxygens (including phenoxy) is 2. The SMILES string of the molecule is CCc1ccc(N2CC(CNC(=O)CCOc3ccccc3)OCC2=O)cc1. The number of para-hydroxylation sites is 1. The van der Waals surface area contributed by atoms with E-state index in [1.54, 1.807) is 4.90 Å². The highest BCUT2D eigenvalue weighted by Gasteiger charge is 2.27. The van der Waals surface area contributed by atoms with Gasteiger partial charge in [0.15, 0.2) is 0 Å². The van der Waals surface area contributed by atoms with E-state index in [0.717, 1.165) is 17.9 Å². The second-order valence-corrected chi connectivity index (χ2v) is 6.67. The van der Waals surface area contributed by atoms with Gasteiger partial charge in [0.2, 0.25) is 5.91 Å². The lowest BCUT2D eigenvalue weighted by molar-refractivity contribution is -0.129. The van der Waals surface area contributed by atoms with E-state index in [1.807, 2.05) is 54.6 Å². The van der Waals surface area contributed by atoms with Crippen LogP contribution in [0.5, 0.6) is 5.75 Å². The number of morpholine rings is 1. The fourth-order valence-electron chi connectivity index (χ4n) is 3.00. The number of hydrogen-bond donors (Lipinski definition) is 1. The van der Waals surface area contributed by atoms with Gasteiger partial charge in [0.1, 0.15) is 12.4 Å². The molecule has 0 aliphatic carbocycles. The number of amides is 2. The first-order valence-corrected chi connectivity index (χ1v) is 9.61. The summed E-state index contributed by atoms with van der Waals surface area (Å²) in [6, 6.07) is 17.4. The molecule has 3 rings (SSSR count). The molecule has 2 aromatic rings. The van der Waals surface area contributed by atoms with Crippen LogP contribution in [0.4, 0.5) is 5.69 Å². The molecule has 6 nitrogen and oxygen atoms in total. The van der Waals surface area contributed by atoms with E-state index in [-0.39, 0.29) is 30.9 Å². The van der Waals surface area contributed by atoms with Gasteiger partial charge in [0.05, 0.1) is 25.7 Å². The molecule has 1 unspecified atom stereocenters. The molecule has 1 atom stereocenters. The minimum Gasteiger partial charge on any atom is -0.493 e. The Balaban J connectivity index is 1.43. The Kier molecular flexibility index (Phi) is 7.03. The van der Waals surface area contributed by atoms with Crippen LogP contribution in [0.2, 0.25) is 0 Å². The lowest BCUT2D eigenvalue weighted by Gasteiger charge is -2.33. The molecule has 0 radical (unpaired) electrons. The first kappa shape index (κ1) is 19.9. The van der Waals surface area contributed by atoms with Crippen LogP contribution in [-0.4, -0.2) is 44.2 Å². The van der Waals surface area contributed by atoms with Gasteiger partial charge in [-0.05, 0) is 36.2 Å². The van der Waals surface area contributed by atoms with Gasteiger partial charge in [0.25, 0.3) is 5.91 Å². The summed E-state index contributed by atoms with van der Waals surface area (Å²) in [5, 5.41) is 2.86. The zero-order chi connectivity index (χ0) is 19.8. The van der Waals surface area contributed by atoms with Crippen LogP contribution < -0.4 is 15.0 Å². The second-order valence-electron chi connectivity index (χ2n) is 6.67. The Morgan fingerprint density at radius 3 is 2.64 bits per heavy atom. The van der Waals surface area contributed by atoms with Crippen LogP contribution in [-0.2, 0) is 20.7 Å². The third-order valence-corrected chi connectivity index (χ3v) is 4.65. The van der Waals surface area contributed by atoms with Crippen LogP contribution in [0, 0.1) is 0 Å². The number of hydrogen-bond acceptors (Lipinski definition) is 4. The maximum atomic E-state index is 12.2. The lowest BCUT2D eigenvalue weighted by Crippen LogP contribution is -2.50. The summed E-state index contributed by atoms with van der Waals surface area (Å²) in [6.45, 7) is 3.22. The third kappa shape index (κ3) is 5.57. The molecule has 1 aliphatic rings. The fourth-order valence-corrected chi connectivity index (χ4v) is 3.00. The van der Waals surface area contributed by atoms with E-state index in [2.05, 4.69) is 12.2 Å². The summed E-state index contributed by atoms with van der Waals surface area (Å²) in [7, 11) is 0. The number of nitrogens with zero attached hydrogens (tertiary/aromatic N) is 1. The molecular formula is C22H26N2O4. The Morgan fingerprint density at radius 2 is 1.93 bits per heavy atom. The van der Waals surface area contributed by atoms with Crippen molar-refractivity contribution in [2.45, 2.75) is 25.9 Å². The van der Waals surface area contributed by atoms with Crippen molar-refractivity contribution in [3.63, 3.8) is 0 Å². The molecule has 0 spiro atoms. The molecule has 148 valence electrons. The van der Waals surface area contributed by atoms with E-state index in [4.69, 9.17) is 9.47 Å². The molecule has 0 aromatic heterocycles. The molecule has 2 amide bonds. The summed E-state index contributed by atoms with van der Waals surface area (Å²) < 4.78 is 11.1. The van der Waals surface area contributed by atoms with Crippen LogP contribution in [0.25, 0.3) is 0 Å². The van der Waals surface area contributed by atoms with Gasteiger partial charge in [0, 0.05) is 12.2 Å². The predicted octanol–water partition coefficient (Wildman–Crippen LogP) is 2.57. The van der Waals surface area contributed by atoms with E-state index >= 15 is 0 Å². The van der Waals surface area contributed by atoms with Crippen molar-refractivity contribution in [3.8, 4) is 5.75 Å². The van der Waals surface area contributed by atoms with Crippen molar-refractivity contribution in [3.05, 3.63) is 60.2 Å². The monoisotopic (exact) mass is 382 g/mol. The Morgan fingerprint density at radius 1 is 1.18 bits per heavy atom. The van der Waals surface area contributed by atoms with E-state index in [0.29, 0.717) is 19.7 Å². The van der Waals surface area contributed by atoms with Gasteiger partial charge >= 0.3 is 0 Å². The average molecular weight is 382 g/mol. The molecule has 2 aromatic carbocycles. The molecule has 1 saturated heterocycles. The zero-order valence-corrected chi connectivity index (χ0v) is 16.1. The maximum absolute atomic E-state index is 12.2. The molecule has 0 bridgehead atoms. The van der Waals surface area contributed by atoms with Gasteiger partial charge in [-0.25, -0.2) is 0 Å². The highest BCUT2D eigenvalue weighted by Crippen LogP contribution is 2.19. The molecule has 1 N–H and O–H groups in total. The van der Waals surface area contributed by atoms with E-state index in [1.165, 1.54) is 5.56 Å². The fraction of sp³-hybridized carbons (Fsp3) is 0.364. The number of rotatable bonds is 8. The van der Waals surface area contributed by atoms with Crippen LogP contribution in [0.15, 0.2) is 54.6 Å². The van der Waals surface area contributed by atoms with E-state index < -0.39 is 0 Å². The zero-order valence-electron chi connectivity index (χ0n) is 16.1. The quantitative estimate of drug-likeness (QED) is 0.762. The highest BCUT2D eigenvalue weighted by atomic mass is 16.5. The summed E-state index contributed by atoms with van der Waals surface area (Å²) in [5.41, 5.74) is 2.09. The van der Waals surface area contributed by atoms with Crippen LogP contribution in [0.1, 0.15) is 18.9 Å². The normalized spacial score (nSPS) is 16.7. The third-order valence-electron chi connectivity index (χ3n) is 4.65. The lowest BCUT2D eigenvalue weighted by atomic mass is 10.1. The van der Waals surface area contributed by atoms with Gasteiger partial charge in [-0.2, -0.15) is 0 Å². The van der Waals surface area contributed by atoms with Crippen molar-refractivity contribution in [1.82, 2.24) is 5.32 Å². The number of carbonyl (C=O) groups is 2. The Hall–Kier alpha value is -2.86. The Bertz CT molecular complexity index is 777. The molecule has 0 saturated carbocycles. The minimum atomic E-state index is -0.234. The first-order valence-electron chi connectivity index (χ1n) is 9.61. The van der Waals surface area contributed by atoms with Crippen molar-refractivity contribution >= 4 is 17.5 Å². The Labute approximate surface area is 165 Å². The maximum Gasteiger partial charge on any atom is 0.253 e. The number of benzene rings is 2. The van der Waals surface area contributed by atoms with Gasteiger partial charge in [-0.3, -0.25) is 9.59 Å². The molecule has 6 heteroatoms. The molecular weight excluding hydrogens is 356 g/mol. The average Bonchev–Trinajstić information content (AvgIpc) is 2.74. The molecule has 28 heavy (non-hydrogen) atoms. The largest absolute Gasteiger partial charge is 0.493 e. The first-order chi connectivity index (χ1) is 13.7. The minimum absolute atomic E-state index is 0.0210. The number of anilines is 1. The van der Waals surface area contributed by atoms with Gasteiger partial charge in [-0.1, -0.05) is 37.3 Å². The second kappa shape index (κ2) is 9.90. The predicted molar refractivity (Wildman–Crippen MR) is 107 cm³/mol. The number of carbonyl (C=O) groups excluding carboxylic acids is 2. The number of aryl methyl sites for hydroxylation is 1. The van der Waals surface area contributed by atoms with Gasteiger partial charge < -0.3 is 19.7 Å². The summed E-state index contributed by atoms with van der Waals surface area (Å²) in [6.07, 6.45) is 0.991. The summed E-state index contributed by atoms with van der Waals surface area (Å²) in [4.78, 5) is 26.0. The van der Waals surface area contributed by atoms with Crippen molar-refractivity contribution in [1.29, 1.82) is 0 Å². The number of nitrogens with one attached hydrogen (secondary N) is 1. The van der Waals surface area contributed by atoms with Crippen molar-refractivity contribution in [2.75, 3.05) is 31.2 Å². The topological polar surface area (TPSA) is 67.9 Å². The standard InChI is InChI=1S/C22H26N2O4/c1-2-17-8-10-18(11-9-17)24-15-20(28-16-22(24)26)14-23-21(25)12-13-27-19-6-4-3-5-7-19/h3-11,20H,2,12-16H2,1H3,(H,23,25). The van der Waals surface area contributed by atoms with Gasteiger partial charge in [-0.15, -0.1) is 0 Å². The summed E-state index contributed by atoms with van der Waals surface area (Å²) in [5.74, 6) is 0.576. The van der Waals surface area contributed by atoms with Crippen molar-refractivity contribution in [2.24, 2.45) is 0 Å². The highest BCUT2D eigenvalue weighted by molar-refractivity contribution is 5.95. The van der Waals surface area contributed by atoms with Crippen LogP contribution >= 0.6 is 0 Å². The smallest absolute Gasteiger partial charge is 0.253 e. The molecule has 1 fully saturated rings. The van der Waals surface area contributed by atoms with Crippen molar-refractivity contribution < 1.29 is 19.1 Å². The van der Waals surface area contributed by atoms with Crippen LogP contribution in [0.3, 0.4) is 0 Å². The van der Waals surface area contributed by atoms with E-state index in [9.17, 15) is 9.59 Å². The summed E-state index contributed by atoms with van der Waals surface area (Å²) >= 11 is 0.